The van der Waals surface area contributed by atoms with Crippen molar-refractivity contribution in [2.24, 2.45) is 11.7 Å². The van der Waals surface area contributed by atoms with Gasteiger partial charge in [0.15, 0.2) is 0 Å². The van der Waals surface area contributed by atoms with Crippen molar-refractivity contribution in [2.45, 2.75) is 32.1 Å². The molecule has 0 aliphatic heterocycles. The molecule has 0 saturated heterocycles. The zero-order valence-corrected chi connectivity index (χ0v) is 10.4. The third-order valence-corrected chi connectivity index (χ3v) is 2.90. The zero-order valence-electron chi connectivity index (χ0n) is 10.4. The van der Waals surface area contributed by atoms with E-state index in [2.05, 4.69) is 11.9 Å². The quantitative estimate of drug-likeness (QED) is 0.337. The fourth-order valence-electron chi connectivity index (χ4n) is 1.56. The number of nitrogens with two attached hydrogens (primary N) is 1. The van der Waals surface area contributed by atoms with Crippen LogP contribution in [0.1, 0.15) is 32.1 Å². The van der Waals surface area contributed by atoms with E-state index in [0.29, 0.717) is 5.84 Å². The Labute approximate surface area is 98.6 Å². The minimum atomic E-state index is 0.301. The Bertz CT molecular complexity index is 204. The molecule has 0 bridgehead atoms. The van der Waals surface area contributed by atoms with Gasteiger partial charge in [-0.15, -0.1) is 0 Å². The molecule has 1 aliphatic rings. The van der Waals surface area contributed by atoms with Crippen molar-refractivity contribution in [1.82, 2.24) is 4.90 Å². The summed E-state index contributed by atoms with van der Waals surface area (Å²) in [6.45, 7) is 3.88. The van der Waals surface area contributed by atoms with E-state index >= 15 is 0 Å². The minimum absolute atomic E-state index is 0.301. The molecule has 16 heavy (non-hydrogen) atoms. The van der Waals surface area contributed by atoms with Crippen LogP contribution in [-0.2, 0) is 4.74 Å². The molecule has 0 radical (unpaired) electrons. The Balaban J connectivity index is 1.81. The molecular formula is C12H25N3O. The smallest absolute Gasteiger partial charge is 0.0905 e. The summed E-state index contributed by atoms with van der Waals surface area (Å²) in [6.07, 6.45) is 5.58. The van der Waals surface area contributed by atoms with Gasteiger partial charge in [-0.3, -0.25) is 5.41 Å². The molecule has 0 aromatic heterocycles. The normalized spacial score (nSPS) is 15.6. The summed E-state index contributed by atoms with van der Waals surface area (Å²) in [7, 11) is 2.12. The van der Waals surface area contributed by atoms with Gasteiger partial charge in [-0.1, -0.05) is 0 Å². The summed E-state index contributed by atoms with van der Waals surface area (Å²) in [5, 5.41) is 7.11. The van der Waals surface area contributed by atoms with Crippen molar-refractivity contribution < 1.29 is 4.74 Å². The zero-order chi connectivity index (χ0) is 11.8. The summed E-state index contributed by atoms with van der Waals surface area (Å²) in [4.78, 5) is 2.28. The van der Waals surface area contributed by atoms with E-state index in [1.54, 1.807) is 0 Å². The topological polar surface area (TPSA) is 62.3 Å². The molecule has 0 aromatic rings. The first-order valence-corrected chi connectivity index (χ1v) is 6.27. The number of rotatable bonds is 10. The largest absolute Gasteiger partial charge is 0.388 e. The van der Waals surface area contributed by atoms with Gasteiger partial charge < -0.3 is 15.4 Å². The van der Waals surface area contributed by atoms with Crippen LogP contribution in [0.5, 0.6) is 0 Å². The summed E-state index contributed by atoms with van der Waals surface area (Å²) in [6, 6.07) is 0. The number of amidine groups is 1. The molecule has 4 nitrogen and oxygen atoms in total. The number of nitrogens with zero attached hydrogens (tertiary/aromatic N) is 1. The van der Waals surface area contributed by atoms with Gasteiger partial charge in [-0.05, 0) is 45.2 Å². The van der Waals surface area contributed by atoms with E-state index in [-0.39, 0.29) is 0 Å². The number of unbranched alkanes of at least 4 members (excludes halogenated alkanes) is 1. The maximum Gasteiger partial charge on any atom is 0.0905 e. The molecule has 1 aliphatic carbocycles. The molecule has 4 heteroatoms. The standard InChI is InChI=1S/C12H25N3O/c1-15(7-3-2-4-12(13)14)8-9-16-10-11-5-6-11/h11H,2-10H2,1H3,(H3,13,14). The highest BCUT2D eigenvalue weighted by Gasteiger charge is 2.20. The third kappa shape index (κ3) is 7.65. The Hall–Kier alpha value is -0.610. The van der Waals surface area contributed by atoms with Crippen LogP contribution in [0.3, 0.4) is 0 Å². The van der Waals surface area contributed by atoms with Crippen LogP contribution in [0, 0.1) is 11.3 Å². The highest BCUT2D eigenvalue weighted by atomic mass is 16.5. The molecule has 0 aromatic carbocycles. The fraction of sp³-hybridized carbons (Fsp3) is 0.917. The molecule has 3 N–H and O–H groups in total. The van der Waals surface area contributed by atoms with Gasteiger partial charge in [0.2, 0.25) is 0 Å². The Morgan fingerprint density at radius 1 is 1.38 bits per heavy atom. The van der Waals surface area contributed by atoms with Gasteiger partial charge in [0.25, 0.3) is 0 Å². The van der Waals surface area contributed by atoms with Gasteiger partial charge in [-0.25, -0.2) is 0 Å². The maximum atomic E-state index is 7.11. The molecular weight excluding hydrogens is 202 g/mol. The van der Waals surface area contributed by atoms with Crippen molar-refractivity contribution in [2.75, 3.05) is 33.4 Å². The molecule has 1 saturated carbocycles. The number of likely N-dealkylation sites (N-methyl/N-ethyl adjacent to an activating group) is 1. The van der Waals surface area contributed by atoms with E-state index in [1.807, 2.05) is 0 Å². The Morgan fingerprint density at radius 2 is 2.12 bits per heavy atom. The van der Waals surface area contributed by atoms with Crippen LogP contribution >= 0.6 is 0 Å². The van der Waals surface area contributed by atoms with Gasteiger partial charge in [0.1, 0.15) is 0 Å². The van der Waals surface area contributed by atoms with Crippen LogP contribution in [-0.4, -0.2) is 44.1 Å². The van der Waals surface area contributed by atoms with Gasteiger partial charge in [-0.2, -0.15) is 0 Å². The first kappa shape index (κ1) is 13.5. The van der Waals surface area contributed by atoms with Gasteiger partial charge >= 0.3 is 0 Å². The van der Waals surface area contributed by atoms with Crippen LogP contribution in [0.25, 0.3) is 0 Å². The van der Waals surface area contributed by atoms with E-state index in [1.165, 1.54) is 12.8 Å². The lowest BCUT2D eigenvalue weighted by atomic mass is 10.2. The lowest BCUT2D eigenvalue weighted by Crippen LogP contribution is -2.25. The summed E-state index contributed by atoms with van der Waals surface area (Å²) in [5.74, 6) is 1.16. The molecule has 0 atom stereocenters. The highest BCUT2D eigenvalue weighted by Crippen LogP contribution is 2.28. The second-order valence-electron chi connectivity index (χ2n) is 4.80. The van der Waals surface area contributed by atoms with Gasteiger partial charge in [0, 0.05) is 19.6 Å². The fourth-order valence-corrected chi connectivity index (χ4v) is 1.56. The lowest BCUT2D eigenvalue weighted by molar-refractivity contribution is 0.103. The maximum absolute atomic E-state index is 7.11. The predicted octanol–water partition coefficient (Wildman–Crippen LogP) is 1.45. The SMILES string of the molecule is CN(CCCCC(=N)N)CCOCC1CC1. The molecule has 0 amide bonds. The third-order valence-electron chi connectivity index (χ3n) is 2.90. The summed E-state index contributed by atoms with van der Waals surface area (Å²) < 4.78 is 5.58. The monoisotopic (exact) mass is 227 g/mol. The molecule has 0 spiro atoms. The van der Waals surface area contributed by atoms with Crippen molar-refractivity contribution in [1.29, 1.82) is 5.41 Å². The molecule has 0 heterocycles. The van der Waals surface area contributed by atoms with Crippen molar-refractivity contribution in [3.8, 4) is 0 Å². The van der Waals surface area contributed by atoms with E-state index in [9.17, 15) is 0 Å². The molecule has 1 rings (SSSR count). The minimum Gasteiger partial charge on any atom is -0.388 e. The van der Waals surface area contributed by atoms with Crippen molar-refractivity contribution in [3.63, 3.8) is 0 Å². The number of nitrogens with one attached hydrogen (secondary N) is 1. The first-order chi connectivity index (χ1) is 7.68. The van der Waals surface area contributed by atoms with E-state index in [4.69, 9.17) is 15.9 Å². The molecule has 1 fully saturated rings. The van der Waals surface area contributed by atoms with Crippen molar-refractivity contribution >= 4 is 5.84 Å². The molecule has 0 unspecified atom stereocenters. The predicted molar refractivity (Wildman–Crippen MR) is 66.8 cm³/mol. The summed E-state index contributed by atoms with van der Waals surface area (Å²) in [5.41, 5.74) is 5.29. The second kappa shape index (κ2) is 7.63. The van der Waals surface area contributed by atoms with Gasteiger partial charge in [0.05, 0.1) is 12.4 Å². The van der Waals surface area contributed by atoms with Crippen LogP contribution < -0.4 is 5.73 Å². The second-order valence-corrected chi connectivity index (χ2v) is 4.80. The molecule has 94 valence electrons. The first-order valence-electron chi connectivity index (χ1n) is 6.27. The van der Waals surface area contributed by atoms with Crippen LogP contribution in [0.2, 0.25) is 0 Å². The Kier molecular flexibility index (Phi) is 6.42. The van der Waals surface area contributed by atoms with Crippen LogP contribution in [0.4, 0.5) is 0 Å². The number of hydrogen-bond acceptors (Lipinski definition) is 3. The van der Waals surface area contributed by atoms with Crippen molar-refractivity contribution in [3.05, 3.63) is 0 Å². The van der Waals surface area contributed by atoms with Crippen LogP contribution in [0.15, 0.2) is 0 Å². The highest BCUT2D eigenvalue weighted by molar-refractivity contribution is 5.76. The number of ether oxygens (including phenoxy) is 1. The van der Waals surface area contributed by atoms with E-state index in [0.717, 1.165) is 51.5 Å². The Morgan fingerprint density at radius 3 is 2.75 bits per heavy atom. The number of hydrogen-bond donors (Lipinski definition) is 2. The lowest BCUT2D eigenvalue weighted by Gasteiger charge is -2.16. The van der Waals surface area contributed by atoms with E-state index < -0.39 is 0 Å². The summed E-state index contributed by atoms with van der Waals surface area (Å²) >= 11 is 0. The average Bonchev–Trinajstić information content (AvgIpc) is 3.03. The average molecular weight is 227 g/mol.